The highest BCUT2D eigenvalue weighted by atomic mass is 31.2. The van der Waals surface area contributed by atoms with E-state index in [0.717, 1.165) is 0 Å². The second kappa shape index (κ2) is 49.6. The molecular weight excluding hydrogens is 1910 g/mol. The average molecular weight is 2030 g/mol. The quantitative estimate of drug-likeness (QED) is 0.0252. The normalized spacial score (nSPS) is 48.2. The number of carbonyl (C=O) groups is 1. The van der Waals surface area contributed by atoms with Crippen LogP contribution in [0, 0.1) is 0 Å². The van der Waals surface area contributed by atoms with Crippen LogP contribution in [-0.4, -0.2) is 607 Å². The van der Waals surface area contributed by atoms with Crippen LogP contribution in [0.2, 0.25) is 0 Å². The summed E-state index contributed by atoms with van der Waals surface area (Å²) in [6.07, 6.45) is -134. The largest absolute Gasteiger partial charge is 0.477 e. The van der Waals surface area contributed by atoms with Crippen molar-refractivity contribution < 1.29 is 305 Å². The van der Waals surface area contributed by atoms with Gasteiger partial charge in [0.25, 0.3) is 5.79 Å². The van der Waals surface area contributed by atoms with Crippen molar-refractivity contribution in [3.63, 3.8) is 0 Å². The minimum Gasteiger partial charge on any atom is -0.477 e. The highest BCUT2D eigenvalue weighted by Crippen LogP contribution is 2.51. The van der Waals surface area contributed by atoms with E-state index in [1.165, 1.54) is 0 Å². The van der Waals surface area contributed by atoms with Gasteiger partial charge in [0.05, 0.1) is 85.4 Å². The van der Waals surface area contributed by atoms with E-state index in [9.17, 15) is 197 Å². The Morgan fingerprint density at radius 3 is 1.00 bits per heavy atom. The number of nitrogens with two attached hydrogens (primary N) is 2. The van der Waals surface area contributed by atoms with Crippen molar-refractivity contribution in [2.24, 2.45) is 11.5 Å². The van der Waals surface area contributed by atoms with Crippen molar-refractivity contribution >= 4 is 21.6 Å². The molecule has 10 heterocycles. The van der Waals surface area contributed by atoms with Crippen LogP contribution in [0.15, 0.2) is 0 Å². The summed E-state index contributed by atoms with van der Waals surface area (Å²) < 4.78 is 161. The SMILES string of the molecule is NCCOP(=O)(O)O[C@H]1[C@H](O)[C@@H]([C@@H](O)CO)O[C@H](O[C@@H]2[C@@H](O[C@@H]3[C@H](O)[C@@H](O[C@H]4[C@@H]([C@H](O)CO)O[C@@](O)(C(=O)O)C[C@H]4O)O[C@H]([C@@H](O)CO)[C@H]3O[C@@H]3O[C@H](CO)[C@@H](O[C@@H]4O[C@H](CO)[C@H](O)[C@H](O)[C@H]4O)[C@H](O)[C@H]3O)O[C@H]([C@H](CO)OP(=O)(O)OCCN)[C@@H](O)[C@@H]2O[C@H]2O[C@H](CO)[C@@H](O[C@@H]3O[C@H](CO)[C@@H](O[C@@H]4O[C@H](CO)[C@H](O)[C@H](O)[C@H]4O)[C@H](O)[C@H]3O)[C@H](O)[C@H]2O)[C@H]1O[C@@H]1O[C@H](CO)[C@@H](O)[C@H](O)[C@H]1O. The molecule has 0 radical (unpaired) electrons. The fourth-order valence-electron chi connectivity index (χ4n) is 16.4. The van der Waals surface area contributed by atoms with E-state index < -0.39 is 445 Å². The number of aliphatic hydroxyl groups excluding tert-OH is 32. The molecule has 135 heavy (non-hydrogen) atoms. The molecule has 0 aromatic heterocycles. The lowest BCUT2D eigenvalue weighted by molar-refractivity contribution is -0.429. The van der Waals surface area contributed by atoms with E-state index in [1.807, 2.05) is 0 Å². The molecule has 64 nitrogen and oxygen atoms in total. The van der Waals surface area contributed by atoms with Crippen LogP contribution in [0.4, 0.5) is 0 Å². The summed E-state index contributed by atoms with van der Waals surface area (Å²) in [6.45, 7) is -17.0. The molecule has 2 unspecified atom stereocenters. The Morgan fingerprint density at radius 1 is 0.319 bits per heavy atom. The van der Waals surface area contributed by atoms with Crippen LogP contribution < -0.4 is 11.5 Å². The molecule has 10 saturated heterocycles. The maximum Gasteiger partial charge on any atom is 0.472 e. The third kappa shape index (κ3) is 25.6. The molecular formula is C69H122N2O62P2. The summed E-state index contributed by atoms with van der Waals surface area (Å²) in [6, 6.07) is 0. The first-order valence-electron chi connectivity index (χ1n) is 41.9. The van der Waals surface area contributed by atoms with Crippen LogP contribution in [-0.2, 0) is 122 Å². The Bertz CT molecular complexity index is 3670. The van der Waals surface area contributed by atoms with Gasteiger partial charge in [-0.25, -0.2) is 13.9 Å². The van der Waals surface area contributed by atoms with Gasteiger partial charge in [-0.2, -0.15) is 0 Å². The molecule has 0 saturated carbocycles. The van der Waals surface area contributed by atoms with Crippen LogP contribution in [0.5, 0.6) is 0 Å². The van der Waals surface area contributed by atoms with E-state index >= 15 is 0 Å². The van der Waals surface area contributed by atoms with Gasteiger partial charge >= 0.3 is 21.6 Å². The monoisotopic (exact) mass is 2030 g/mol. The van der Waals surface area contributed by atoms with E-state index in [-0.39, 0.29) is 0 Å². The van der Waals surface area contributed by atoms with Crippen molar-refractivity contribution in [3.8, 4) is 0 Å². The smallest absolute Gasteiger partial charge is 0.472 e. The number of hydrogen-bond donors (Lipinski definition) is 38. The first kappa shape index (κ1) is 114. The number of aliphatic hydroxyl groups is 33. The van der Waals surface area contributed by atoms with Gasteiger partial charge in [0, 0.05) is 19.5 Å². The van der Waals surface area contributed by atoms with Gasteiger partial charge < -0.3 is 285 Å². The summed E-state index contributed by atoms with van der Waals surface area (Å²) in [4.78, 5) is 35.1. The zero-order chi connectivity index (χ0) is 100.0. The third-order valence-electron chi connectivity index (χ3n) is 23.7. The molecule has 40 N–H and O–H groups in total. The van der Waals surface area contributed by atoms with Crippen molar-refractivity contribution in [3.05, 3.63) is 0 Å². The topological polar surface area (TPSA) is 1040 Å². The Balaban J connectivity index is 1.16. The molecule has 0 aliphatic carbocycles. The predicted octanol–water partition coefficient (Wildman–Crippen LogP) is -24.7. The zero-order valence-corrected chi connectivity index (χ0v) is 72.2. The molecule has 0 amide bonds. The zero-order valence-electron chi connectivity index (χ0n) is 70.4. The van der Waals surface area contributed by atoms with E-state index in [2.05, 4.69) is 0 Å². The highest BCUT2D eigenvalue weighted by molar-refractivity contribution is 7.47. The summed E-state index contributed by atoms with van der Waals surface area (Å²) >= 11 is 0. The number of phosphoric acid groups is 2. The number of aliphatic carboxylic acids is 1. The number of carboxylic acids is 1. The fraction of sp³-hybridized carbons (Fsp3) is 0.986. The van der Waals surface area contributed by atoms with Gasteiger partial charge in [0.1, 0.15) is 256 Å². The molecule has 10 fully saturated rings. The molecule has 0 bridgehead atoms. The molecule has 0 aromatic rings. The number of hydrogen-bond acceptors (Lipinski definition) is 61. The third-order valence-corrected chi connectivity index (χ3v) is 25.7. The summed E-state index contributed by atoms with van der Waals surface area (Å²) in [5.41, 5.74) is 11.1. The summed E-state index contributed by atoms with van der Waals surface area (Å²) in [5, 5.41) is 383. The first-order valence-corrected chi connectivity index (χ1v) is 44.9. The van der Waals surface area contributed by atoms with Gasteiger partial charge in [-0.15, -0.1) is 0 Å². The van der Waals surface area contributed by atoms with Gasteiger partial charge in [-0.1, -0.05) is 0 Å². The first-order chi connectivity index (χ1) is 63.7. The van der Waals surface area contributed by atoms with Crippen LogP contribution in [0.3, 0.4) is 0 Å². The Morgan fingerprint density at radius 2 is 0.615 bits per heavy atom. The average Bonchev–Trinajstić information content (AvgIpc) is 0.753. The standard InChI is InChI=1S/C69H122N2O62P2/c70-1-3-111-134(107,108)132-26(15-81)52-43(102)53(126-63-40(99)34(93)51(24(13-79)117-63)124-62-39(98)33(92)49(23(12-78)116-62)122-59-36(95)30(89)27(86)20(9-75)113-59)57(130-67-58(129-61-38(97)32(91)29(88)22(11-77)115-61)55(133-135(109,110)112-4-2-71)42(101)45(119-67)17(83)6-72)66(125-52)127-54-44(103)65(120-46-16(82)5-69(106,68(104)105)131-48(46)19(85)8-74)121-47(18(84)7-73)56(54)128-64-41(100)35(94)50(25(14-80)118-64)123-60-37(96)31(90)28(87)21(10-76)114-60/h16-67,72-103,106H,1-15,70-71H2,(H,104,105)(H,107,108)(H,109,110)/t16-,17+,18+,19-,20-,21-,22-,23-,24-,25-,26+,27+,28+,29-,30+,31+,32+,33-,34-,35-,36-,37-,38-,39-,40-,41-,42-,43-,44+,45-,46-,47-,48-,49-,50-,51-,52-,53+,54-,55+,56-,57+,58+,59+,60+,61+,62+,63-,64+,65+,66-,67-,69-/m1/s1. The molecule has 55 atom stereocenters. The van der Waals surface area contributed by atoms with Gasteiger partial charge in [0.15, 0.2) is 56.6 Å². The van der Waals surface area contributed by atoms with Crippen LogP contribution in [0.1, 0.15) is 6.42 Å². The summed E-state index contributed by atoms with van der Waals surface area (Å²) in [7, 11) is -11.8. The van der Waals surface area contributed by atoms with Gasteiger partial charge in [-0.3, -0.25) is 18.1 Å². The highest BCUT2D eigenvalue weighted by Gasteiger charge is 2.66. The molecule has 10 aliphatic heterocycles. The Labute approximate surface area is 760 Å². The maximum atomic E-state index is 14.2. The lowest BCUT2D eigenvalue weighted by atomic mass is 9.91. The van der Waals surface area contributed by atoms with Crippen LogP contribution in [0.25, 0.3) is 0 Å². The number of phosphoric ester groups is 2. The lowest BCUT2D eigenvalue weighted by Crippen LogP contribution is -2.72. The number of ether oxygens (including phenoxy) is 19. The number of carboxylic acid groups (broad SMARTS) is 1. The predicted molar refractivity (Wildman–Crippen MR) is 406 cm³/mol. The van der Waals surface area contributed by atoms with Gasteiger partial charge in [0.2, 0.25) is 0 Å². The van der Waals surface area contributed by atoms with E-state index in [4.69, 9.17) is 120 Å². The van der Waals surface area contributed by atoms with Crippen LogP contribution >= 0.6 is 15.6 Å². The summed E-state index contributed by atoms with van der Waals surface area (Å²) in [5.74, 6) is -5.77. The Kier molecular flexibility index (Phi) is 42.1. The minimum atomic E-state index is -5.93. The van der Waals surface area contributed by atoms with Crippen molar-refractivity contribution in [1.29, 1.82) is 0 Å². The molecule has 66 heteroatoms. The molecule has 0 spiro atoms. The molecule has 10 rings (SSSR count). The van der Waals surface area contributed by atoms with E-state index in [1.54, 1.807) is 0 Å². The van der Waals surface area contributed by atoms with Crippen molar-refractivity contribution in [2.75, 3.05) is 92.4 Å². The molecule has 0 aromatic carbocycles. The maximum absolute atomic E-state index is 14.2. The number of rotatable bonds is 43. The fourth-order valence-corrected chi connectivity index (χ4v) is 18.3. The second-order valence-electron chi connectivity index (χ2n) is 32.8. The molecule has 790 valence electrons. The van der Waals surface area contributed by atoms with Crippen molar-refractivity contribution in [2.45, 2.75) is 331 Å². The molecule has 10 aliphatic rings. The van der Waals surface area contributed by atoms with E-state index in [0.29, 0.717) is 0 Å². The lowest BCUT2D eigenvalue weighted by Gasteiger charge is -2.54. The second-order valence-corrected chi connectivity index (χ2v) is 35.6. The van der Waals surface area contributed by atoms with Crippen molar-refractivity contribution in [1.82, 2.24) is 0 Å². The minimum absolute atomic E-state index is 0.600. The Hall–Kier alpha value is -2.47. The van der Waals surface area contributed by atoms with Gasteiger partial charge in [-0.05, 0) is 0 Å².